The summed E-state index contributed by atoms with van der Waals surface area (Å²) in [6, 6.07) is 4.11. The number of nitrogens with zero attached hydrogens (tertiary/aromatic N) is 3. The van der Waals surface area contributed by atoms with Gasteiger partial charge in [-0.2, -0.15) is 5.10 Å². The smallest absolute Gasteiger partial charge is 0.216 e. The Balaban J connectivity index is 1.36. The summed E-state index contributed by atoms with van der Waals surface area (Å²) < 4.78 is 5.31. The average Bonchev–Trinajstić information content (AvgIpc) is 3.38. The van der Waals surface area contributed by atoms with E-state index in [-0.39, 0.29) is 0 Å². The van der Waals surface area contributed by atoms with Crippen LogP contribution in [0.15, 0.2) is 27.8 Å². The maximum absolute atomic E-state index is 5.31. The fourth-order valence-corrected chi connectivity index (χ4v) is 3.68. The molecule has 2 aromatic heterocycles. The highest BCUT2D eigenvalue weighted by Gasteiger charge is 2.15. The minimum Gasteiger partial charge on any atom is -0.461 e. The van der Waals surface area contributed by atoms with Crippen LogP contribution in [0.3, 0.4) is 0 Å². The Bertz CT molecular complexity index is 687. The highest BCUT2D eigenvalue weighted by Crippen LogP contribution is 2.27. The van der Waals surface area contributed by atoms with Crippen molar-refractivity contribution in [1.29, 1.82) is 0 Å². The summed E-state index contributed by atoms with van der Waals surface area (Å²) in [5.74, 6) is 3.86. The number of H-pyrrole nitrogens is 1. The van der Waals surface area contributed by atoms with Crippen LogP contribution in [0.5, 0.6) is 0 Å². The molecule has 0 radical (unpaired) electrons. The van der Waals surface area contributed by atoms with Crippen LogP contribution in [0.25, 0.3) is 11.6 Å². The topological polar surface area (TPSA) is 91.1 Å². The van der Waals surface area contributed by atoms with Gasteiger partial charge in [0, 0.05) is 26.1 Å². The molecular weight excluding hydrogens is 340 g/mol. The van der Waals surface area contributed by atoms with E-state index in [4.69, 9.17) is 4.42 Å². The van der Waals surface area contributed by atoms with E-state index in [0.29, 0.717) is 17.6 Å². The van der Waals surface area contributed by atoms with Crippen molar-refractivity contribution in [2.24, 2.45) is 10.9 Å². The van der Waals surface area contributed by atoms with Gasteiger partial charge in [0.05, 0.1) is 6.26 Å². The minimum atomic E-state index is 0.425. The van der Waals surface area contributed by atoms with Gasteiger partial charge >= 0.3 is 0 Å². The molecular formula is C20H32N6O. The number of furan rings is 1. The van der Waals surface area contributed by atoms with Crippen molar-refractivity contribution in [3.63, 3.8) is 0 Å². The third-order valence-corrected chi connectivity index (χ3v) is 5.27. The summed E-state index contributed by atoms with van der Waals surface area (Å²) in [7, 11) is 1.81. The Labute approximate surface area is 161 Å². The second-order valence-electron chi connectivity index (χ2n) is 7.46. The van der Waals surface area contributed by atoms with Crippen molar-refractivity contribution in [2.75, 3.05) is 13.6 Å². The first-order valence-electron chi connectivity index (χ1n) is 10.2. The molecule has 1 aliphatic carbocycles. The quantitative estimate of drug-likeness (QED) is 0.487. The molecule has 0 saturated heterocycles. The zero-order chi connectivity index (χ0) is 18.9. The van der Waals surface area contributed by atoms with Crippen LogP contribution in [0.4, 0.5) is 0 Å². The average molecular weight is 373 g/mol. The molecule has 148 valence electrons. The predicted molar refractivity (Wildman–Crippen MR) is 108 cm³/mol. The molecule has 1 atom stereocenters. The molecule has 3 N–H and O–H groups in total. The number of hydrogen-bond donors (Lipinski definition) is 3. The molecule has 0 aliphatic heterocycles. The Hall–Kier alpha value is -2.31. The van der Waals surface area contributed by atoms with E-state index in [1.807, 2.05) is 19.2 Å². The molecule has 7 nitrogen and oxygen atoms in total. The summed E-state index contributed by atoms with van der Waals surface area (Å²) in [4.78, 5) is 8.79. The molecule has 1 fully saturated rings. The van der Waals surface area contributed by atoms with Gasteiger partial charge in [-0.3, -0.25) is 10.1 Å². The van der Waals surface area contributed by atoms with E-state index >= 15 is 0 Å². The van der Waals surface area contributed by atoms with Crippen LogP contribution < -0.4 is 10.6 Å². The lowest BCUT2D eigenvalue weighted by molar-refractivity contribution is 0.322. The van der Waals surface area contributed by atoms with Crippen molar-refractivity contribution in [1.82, 2.24) is 25.8 Å². The van der Waals surface area contributed by atoms with Gasteiger partial charge in [0.25, 0.3) is 0 Å². The van der Waals surface area contributed by atoms with E-state index < -0.39 is 0 Å². The lowest BCUT2D eigenvalue weighted by Gasteiger charge is -2.24. The third-order valence-electron chi connectivity index (χ3n) is 5.27. The maximum atomic E-state index is 5.31. The van der Waals surface area contributed by atoms with Gasteiger partial charge in [-0.05, 0) is 37.8 Å². The first kappa shape index (κ1) is 19.5. The highest BCUT2D eigenvalue weighted by molar-refractivity contribution is 5.79. The van der Waals surface area contributed by atoms with Crippen LogP contribution in [0.2, 0.25) is 0 Å². The van der Waals surface area contributed by atoms with Crippen LogP contribution in [0.1, 0.15) is 57.7 Å². The molecule has 0 aromatic carbocycles. The molecule has 1 unspecified atom stereocenters. The molecule has 3 rings (SSSR count). The van der Waals surface area contributed by atoms with Gasteiger partial charge in [0.1, 0.15) is 5.82 Å². The molecule has 0 amide bonds. The van der Waals surface area contributed by atoms with Gasteiger partial charge in [0.2, 0.25) is 5.82 Å². The lowest BCUT2D eigenvalue weighted by atomic mass is 9.85. The standard InChI is InChI=1S/C20H32N6O/c1-15(10-11-16-7-4-3-5-8-16)23-20(21-2)22-13-12-18-24-19(26-25-18)17-9-6-14-27-17/h6,9,14-16H,3-5,7-8,10-13H2,1-2H3,(H2,21,22,23)(H,24,25,26). The van der Waals surface area contributed by atoms with Crippen LogP contribution in [-0.4, -0.2) is 40.8 Å². The third kappa shape index (κ3) is 6.12. The number of rotatable bonds is 8. The van der Waals surface area contributed by atoms with E-state index in [1.54, 1.807) is 6.26 Å². The van der Waals surface area contributed by atoms with E-state index in [9.17, 15) is 0 Å². The van der Waals surface area contributed by atoms with Gasteiger partial charge in [-0.1, -0.05) is 32.1 Å². The Kier molecular flexibility index (Phi) is 7.30. The minimum absolute atomic E-state index is 0.425. The number of hydrogen-bond acceptors (Lipinski definition) is 4. The number of aromatic amines is 1. The molecule has 0 spiro atoms. The molecule has 1 aliphatic rings. The van der Waals surface area contributed by atoms with Crippen molar-refractivity contribution >= 4 is 5.96 Å². The SMILES string of the molecule is CN=C(NCCc1nc(-c2ccco2)n[nH]1)NC(C)CCC1CCCCC1. The monoisotopic (exact) mass is 372 g/mol. The Morgan fingerprint density at radius 2 is 2.22 bits per heavy atom. The van der Waals surface area contributed by atoms with Crippen molar-refractivity contribution in [2.45, 2.75) is 64.3 Å². The van der Waals surface area contributed by atoms with Gasteiger partial charge < -0.3 is 15.1 Å². The molecule has 7 heteroatoms. The lowest BCUT2D eigenvalue weighted by Crippen LogP contribution is -2.43. The molecule has 2 heterocycles. The van der Waals surface area contributed by atoms with Gasteiger partial charge in [0.15, 0.2) is 11.7 Å². The van der Waals surface area contributed by atoms with Crippen molar-refractivity contribution in [3.05, 3.63) is 24.2 Å². The van der Waals surface area contributed by atoms with Crippen LogP contribution in [-0.2, 0) is 6.42 Å². The summed E-state index contributed by atoms with van der Waals surface area (Å²) in [6.45, 7) is 2.98. The predicted octanol–water partition coefficient (Wildman–Crippen LogP) is 3.52. The highest BCUT2D eigenvalue weighted by atomic mass is 16.3. The normalized spacial score (nSPS) is 17.0. The Morgan fingerprint density at radius 3 is 2.96 bits per heavy atom. The second kappa shape index (κ2) is 10.1. The summed E-state index contributed by atoms with van der Waals surface area (Å²) in [5.41, 5.74) is 0. The van der Waals surface area contributed by atoms with Gasteiger partial charge in [-0.15, -0.1) is 0 Å². The van der Waals surface area contributed by atoms with Crippen molar-refractivity contribution in [3.8, 4) is 11.6 Å². The molecule has 2 aromatic rings. The zero-order valence-electron chi connectivity index (χ0n) is 16.5. The van der Waals surface area contributed by atoms with Crippen LogP contribution >= 0.6 is 0 Å². The largest absolute Gasteiger partial charge is 0.461 e. The number of nitrogens with one attached hydrogen (secondary N) is 3. The fraction of sp³-hybridized carbons (Fsp3) is 0.650. The number of aromatic nitrogens is 3. The van der Waals surface area contributed by atoms with E-state index in [0.717, 1.165) is 30.7 Å². The fourth-order valence-electron chi connectivity index (χ4n) is 3.68. The van der Waals surface area contributed by atoms with Crippen LogP contribution in [0, 0.1) is 5.92 Å². The Morgan fingerprint density at radius 1 is 1.37 bits per heavy atom. The maximum Gasteiger partial charge on any atom is 0.216 e. The van der Waals surface area contributed by atoms with Crippen molar-refractivity contribution < 1.29 is 4.42 Å². The zero-order valence-corrected chi connectivity index (χ0v) is 16.5. The summed E-state index contributed by atoms with van der Waals surface area (Å²) in [5, 5.41) is 14.0. The molecule has 0 bridgehead atoms. The summed E-state index contributed by atoms with van der Waals surface area (Å²) in [6.07, 6.45) is 12.0. The van der Waals surface area contributed by atoms with E-state index in [1.165, 1.54) is 44.9 Å². The van der Waals surface area contributed by atoms with Gasteiger partial charge in [-0.25, -0.2) is 4.98 Å². The first-order chi connectivity index (χ1) is 13.2. The summed E-state index contributed by atoms with van der Waals surface area (Å²) >= 11 is 0. The van der Waals surface area contributed by atoms with E-state index in [2.05, 4.69) is 37.7 Å². The molecule has 27 heavy (non-hydrogen) atoms. The molecule has 1 saturated carbocycles. The second-order valence-corrected chi connectivity index (χ2v) is 7.46. The number of aliphatic imine (C=N–C) groups is 1. The number of guanidine groups is 1. The first-order valence-corrected chi connectivity index (χ1v) is 10.2.